The third-order valence-electron chi connectivity index (χ3n) is 4.11. The van der Waals surface area contributed by atoms with Gasteiger partial charge in [-0.25, -0.2) is 15.0 Å². The number of hydrogen-bond acceptors (Lipinski definition) is 7. The predicted octanol–water partition coefficient (Wildman–Crippen LogP) is 0.509. The molecule has 3 rings (SSSR count). The van der Waals surface area contributed by atoms with E-state index in [1.54, 1.807) is 12.5 Å². The smallest absolute Gasteiger partial charge is 0.157 e. The number of aryl methyl sites for hydroxylation is 1. The molecule has 0 bridgehead atoms. The molecule has 8 nitrogen and oxygen atoms in total. The topological polar surface area (TPSA) is 88.1 Å². The van der Waals surface area contributed by atoms with Crippen LogP contribution in [0.25, 0.3) is 0 Å². The number of rotatable bonds is 6. The van der Waals surface area contributed by atoms with Gasteiger partial charge in [-0.05, 0) is 13.5 Å². The first-order valence-corrected chi connectivity index (χ1v) is 7.97. The average molecular weight is 316 g/mol. The maximum Gasteiger partial charge on any atom is 0.157 e. The van der Waals surface area contributed by atoms with Crippen LogP contribution in [0.3, 0.4) is 0 Å². The van der Waals surface area contributed by atoms with E-state index in [4.69, 9.17) is 5.73 Å². The lowest BCUT2D eigenvalue weighted by Crippen LogP contribution is -2.45. The number of imidazole rings is 1. The van der Waals surface area contributed by atoms with Crippen LogP contribution in [0.2, 0.25) is 0 Å². The number of likely N-dealkylation sites (N-methyl/N-ethyl adjacent to an activating group) is 1. The van der Waals surface area contributed by atoms with Gasteiger partial charge in [-0.3, -0.25) is 0 Å². The number of piperazine rings is 1. The van der Waals surface area contributed by atoms with E-state index >= 15 is 0 Å². The molecule has 1 aliphatic rings. The number of nitrogen functional groups attached to an aromatic ring is 1. The van der Waals surface area contributed by atoms with Gasteiger partial charge in [-0.2, -0.15) is 0 Å². The highest BCUT2D eigenvalue weighted by molar-refractivity contribution is 5.74. The van der Waals surface area contributed by atoms with E-state index in [0.29, 0.717) is 5.69 Å². The average Bonchev–Trinajstić information content (AvgIpc) is 3.07. The molecule has 0 aromatic carbocycles. The van der Waals surface area contributed by atoms with Gasteiger partial charge in [0.05, 0.1) is 6.33 Å². The zero-order chi connectivity index (χ0) is 16.1. The van der Waals surface area contributed by atoms with Crippen molar-refractivity contribution in [1.82, 2.24) is 24.4 Å². The molecule has 2 aromatic rings. The molecule has 1 aliphatic heterocycles. The van der Waals surface area contributed by atoms with E-state index in [-0.39, 0.29) is 0 Å². The summed E-state index contributed by atoms with van der Waals surface area (Å²) in [6, 6.07) is 0. The van der Waals surface area contributed by atoms with Gasteiger partial charge in [-0.15, -0.1) is 0 Å². The fraction of sp³-hybridized carbons (Fsp3) is 0.533. The summed E-state index contributed by atoms with van der Waals surface area (Å²) < 4.78 is 2.06. The Labute approximate surface area is 136 Å². The van der Waals surface area contributed by atoms with Crippen LogP contribution in [-0.4, -0.2) is 64.2 Å². The Morgan fingerprint density at radius 1 is 1.22 bits per heavy atom. The van der Waals surface area contributed by atoms with Crippen LogP contribution in [-0.2, 0) is 6.54 Å². The van der Waals surface area contributed by atoms with Crippen molar-refractivity contribution >= 4 is 17.3 Å². The first-order chi connectivity index (χ1) is 11.2. The molecule has 3 N–H and O–H groups in total. The van der Waals surface area contributed by atoms with Crippen molar-refractivity contribution in [3.05, 3.63) is 25.0 Å². The zero-order valence-corrected chi connectivity index (χ0v) is 13.5. The highest BCUT2D eigenvalue weighted by Crippen LogP contribution is 2.26. The normalized spacial score (nSPS) is 15.8. The maximum absolute atomic E-state index is 6.27. The van der Waals surface area contributed by atoms with Gasteiger partial charge in [0.15, 0.2) is 11.6 Å². The van der Waals surface area contributed by atoms with E-state index in [1.165, 1.54) is 0 Å². The fourth-order valence-corrected chi connectivity index (χ4v) is 2.68. The van der Waals surface area contributed by atoms with Crippen LogP contribution >= 0.6 is 0 Å². The number of aromatic nitrogens is 4. The van der Waals surface area contributed by atoms with Crippen molar-refractivity contribution in [3.63, 3.8) is 0 Å². The molecule has 0 saturated carbocycles. The Hall–Kier alpha value is -2.35. The molecule has 1 saturated heterocycles. The minimum atomic E-state index is 0.639. The molecule has 124 valence electrons. The standard InChI is InChI=1S/C15H24N8/c1-21-7-9-23(10-8-21)15-13(16)14(19-11-20-15)18-3-2-5-22-6-4-17-12-22/h4,6,11-12H,2-3,5,7-10,16H2,1H3,(H,18,19,20). The molecule has 0 amide bonds. The van der Waals surface area contributed by atoms with Crippen molar-refractivity contribution in [1.29, 1.82) is 0 Å². The Morgan fingerprint density at radius 3 is 2.78 bits per heavy atom. The van der Waals surface area contributed by atoms with Crippen molar-refractivity contribution in [2.75, 3.05) is 55.7 Å². The van der Waals surface area contributed by atoms with Crippen LogP contribution in [0.15, 0.2) is 25.0 Å². The van der Waals surface area contributed by atoms with Crippen molar-refractivity contribution in [3.8, 4) is 0 Å². The first kappa shape index (κ1) is 15.5. The molecule has 0 unspecified atom stereocenters. The highest BCUT2D eigenvalue weighted by atomic mass is 15.3. The van der Waals surface area contributed by atoms with Crippen LogP contribution in [0.1, 0.15) is 6.42 Å². The van der Waals surface area contributed by atoms with Crippen molar-refractivity contribution < 1.29 is 0 Å². The lowest BCUT2D eigenvalue weighted by atomic mass is 10.3. The molecular weight excluding hydrogens is 292 g/mol. The number of nitrogens with zero attached hydrogens (tertiary/aromatic N) is 6. The van der Waals surface area contributed by atoms with Crippen LogP contribution < -0.4 is 16.0 Å². The summed E-state index contributed by atoms with van der Waals surface area (Å²) in [5.41, 5.74) is 6.91. The molecule has 2 aromatic heterocycles. The van der Waals surface area contributed by atoms with Crippen LogP contribution in [0.4, 0.5) is 17.3 Å². The van der Waals surface area contributed by atoms with Gasteiger partial charge in [0, 0.05) is 51.7 Å². The number of nitrogens with one attached hydrogen (secondary N) is 1. The van der Waals surface area contributed by atoms with Crippen LogP contribution in [0, 0.1) is 0 Å². The second kappa shape index (κ2) is 7.28. The van der Waals surface area contributed by atoms with Crippen molar-refractivity contribution in [2.24, 2.45) is 0 Å². The molecule has 0 spiro atoms. The monoisotopic (exact) mass is 316 g/mol. The zero-order valence-electron chi connectivity index (χ0n) is 13.5. The number of anilines is 3. The highest BCUT2D eigenvalue weighted by Gasteiger charge is 2.19. The first-order valence-electron chi connectivity index (χ1n) is 7.97. The Bertz CT molecular complexity index is 604. The third-order valence-corrected chi connectivity index (χ3v) is 4.11. The van der Waals surface area contributed by atoms with Gasteiger partial charge >= 0.3 is 0 Å². The second-order valence-corrected chi connectivity index (χ2v) is 5.83. The predicted molar refractivity (Wildman–Crippen MR) is 91.5 cm³/mol. The Kier molecular flexibility index (Phi) is 4.92. The van der Waals surface area contributed by atoms with Gasteiger partial charge < -0.3 is 25.4 Å². The lowest BCUT2D eigenvalue weighted by Gasteiger charge is -2.33. The summed E-state index contributed by atoms with van der Waals surface area (Å²) >= 11 is 0. The quantitative estimate of drug-likeness (QED) is 0.751. The Morgan fingerprint density at radius 2 is 2.04 bits per heavy atom. The minimum Gasteiger partial charge on any atom is -0.393 e. The number of nitrogens with two attached hydrogens (primary N) is 1. The summed E-state index contributed by atoms with van der Waals surface area (Å²) in [7, 11) is 2.13. The van der Waals surface area contributed by atoms with E-state index in [2.05, 4.69) is 41.7 Å². The summed E-state index contributed by atoms with van der Waals surface area (Å²) in [4.78, 5) is 17.2. The summed E-state index contributed by atoms with van der Waals surface area (Å²) in [6.07, 6.45) is 8.14. The largest absolute Gasteiger partial charge is 0.393 e. The summed E-state index contributed by atoms with van der Waals surface area (Å²) in [5.74, 6) is 1.56. The lowest BCUT2D eigenvalue weighted by molar-refractivity contribution is 0.312. The van der Waals surface area contributed by atoms with E-state index < -0.39 is 0 Å². The maximum atomic E-state index is 6.27. The SMILES string of the molecule is CN1CCN(c2ncnc(NCCCn3ccnc3)c2N)CC1. The molecule has 0 radical (unpaired) electrons. The van der Waals surface area contributed by atoms with Gasteiger partial charge in [0.2, 0.25) is 0 Å². The molecule has 3 heterocycles. The van der Waals surface area contributed by atoms with Crippen LogP contribution in [0.5, 0.6) is 0 Å². The molecule has 8 heteroatoms. The molecule has 1 fully saturated rings. The van der Waals surface area contributed by atoms with E-state index in [0.717, 1.165) is 57.3 Å². The fourth-order valence-electron chi connectivity index (χ4n) is 2.68. The Balaban J connectivity index is 1.56. The number of hydrogen-bond donors (Lipinski definition) is 2. The van der Waals surface area contributed by atoms with E-state index in [1.807, 2.05) is 12.5 Å². The minimum absolute atomic E-state index is 0.639. The van der Waals surface area contributed by atoms with E-state index in [9.17, 15) is 0 Å². The summed E-state index contributed by atoms with van der Waals surface area (Å²) in [5, 5.41) is 3.32. The molecule has 23 heavy (non-hydrogen) atoms. The summed E-state index contributed by atoms with van der Waals surface area (Å²) in [6.45, 7) is 5.66. The van der Waals surface area contributed by atoms with Gasteiger partial charge in [0.25, 0.3) is 0 Å². The third kappa shape index (κ3) is 3.89. The molecular formula is C15H24N8. The molecule has 0 aliphatic carbocycles. The van der Waals surface area contributed by atoms with Gasteiger partial charge in [-0.1, -0.05) is 0 Å². The van der Waals surface area contributed by atoms with Crippen molar-refractivity contribution in [2.45, 2.75) is 13.0 Å². The molecule has 0 atom stereocenters. The second-order valence-electron chi connectivity index (χ2n) is 5.83. The van der Waals surface area contributed by atoms with Gasteiger partial charge in [0.1, 0.15) is 12.0 Å².